The van der Waals surface area contributed by atoms with Crippen LogP contribution in [-0.2, 0) is 20.6 Å². The molecule has 0 aromatic heterocycles. The van der Waals surface area contributed by atoms with Crippen molar-refractivity contribution >= 4 is 0 Å². The average molecular weight is 276 g/mol. The van der Waals surface area contributed by atoms with Crippen LogP contribution in [0, 0.1) is 0 Å². The van der Waals surface area contributed by atoms with Crippen molar-refractivity contribution < 1.29 is 14.2 Å². The van der Waals surface area contributed by atoms with Crippen LogP contribution in [0.1, 0.15) is 37.7 Å². The van der Waals surface area contributed by atoms with Gasteiger partial charge in [-0.2, -0.15) is 0 Å². The maximum Gasteiger partial charge on any atom is 0.168 e. The molecule has 1 saturated heterocycles. The van der Waals surface area contributed by atoms with E-state index in [0.29, 0.717) is 6.10 Å². The molecule has 3 heteroatoms. The highest BCUT2D eigenvalue weighted by atomic mass is 16.7. The summed E-state index contributed by atoms with van der Waals surface area (Å²) in [6.07, 6.45) is 6.68. The molecule has 20 heavy (non-hydrogen) atoms. The molecule has 1 aliphatic carbocycles. The lowest BCUT2D eigenvalue weighted by molar-refractivity contribution is -0.191. The third-order valence-corrected chi connectivity index (χ3v) is 4.31. The molecule has 0 atom stereocenters. The van der Waals surface area contributed by atoms with E-state index in [2.05, 4.69) is 30.3 Å². The van der Waals surface area contributed by atoms with Gasteiger partial charge in [0.25, 0.3) is 0 Å². The maximum absolute atomic E-state index is 6.00. The van der Waals surface area contributed by atoms with Crippen molar-refractivity contribution in [3.05, 3.63) is 35.9 Å². The highest BCUT2D eigenvalue weighted by Gasteiger charge is 2.40. The van der Waals surface area contributed by atoms with Crippen LogP contribution in [0.15, 0.2) is 30.3 Å². The average Bonchev–Trinajstić information content (AvgIpc) is 2.95. The molecule has 2 fully saturated rings. The van der Waals surface area contributed by atoms with Crippen LogP contribution in [0.2, 0.25) is 0 Å². The van der Waals surface area contributed by atoms with Crippen LogP contribution >= 0.6 is 0 Å². The van der Waals surface area contributed by atoms with E-state index in [1.54, 1.807) is 0 Å². The lowest BCUT2D eigenvalue weighted by Crippen LogP contribution is -2.37. The molecule has 0 unspecified atom stereocenters. The molecule has 1 aliphatic heterocycles. The van der Waals surface area contributed by atoms with Crippen molar-refractivity contribution in [3.63, 3.8) is 0 Å². The zero-order chi connectivity index (χ0) is 13.7. The maximum atomic E-state index is 6.00. The molecule has 110 valence electrons. The van der Waals surface area contributed by atoms with Gasteiger partial charge in [0.15, 0.2) is 5.79 Å². The molecule has 1 spiro atoms. The number of benzene rings is 1. The standard InChI is InChI=1S/C17H24O3/c1-2-5-15(6-3-1)7-4-12-18-16-8-10-17(11-9-16)19-13-14-20-17/h1-3,5-6,16H,4,7-14H2. The summed E-state index contributed by atoms with van der Waals surface area (Å²) in [5.74, 6) is -0.260. The van der Waals surface area contributed by atoms with E-state index in [0.717, 1.165) is 58.3 Å². The third kappa shape index (κ3) is 3.60. The first-order valence-corrected chi connectivity index (χ1v) is 7.80. The number of hydrogen-bond donors (Lipinski definition) is 0. The van der Waals surface area contributed by atoms with Crippen LogP contribution in [0.5, 0.6) is 0 Å². The summed E-state index contributed by atoms with van der Waals surface area (Å²) < 4.78 is 17.5. The topological polar surface area (TPSA) is 27.7 Å². The predicted octanol–water partition coefficient (Wildman–Crippen LogP) is 3.32. The van der Waals surface area contributed by atoms with E-state index >= 15 is 0 Å². The second-order valence-corrected chi connectivity index (χ2v) is 5.77. The molecule has 2 aliphatic rings. The van der Waals surface area contributed by atoms with E-state index < -0.39 is 0 Å². The number of aryl methyl sites for hydroxylation is 1. The molecule has 0 bridgehead atoms. The summed E-state index contributed by atoms with van der Waals surface area (Å²) in [5, 5.41) is 0. The molecule has 3 nitrogen and oxygen atoms in total. The lowest BCUT2D eigenvalue weighted by Gasteiger charge is -2.35. The quantitative estimate of drug-likeness (QED) is 0.772. The van der Waals surface area contributed by atoms with E-state index in [-0.39, 0.29) is 5.79 Å². The summed E-state index contributed by atoms with van der Waals surface area (Å²) in [7, 11) is 0. The summed E-state index contributed by atoms with van der Waals surface area (Å²) in [4.78, 5) is 0. The van der Waals surface area contributed by atoms with E-state index in [4.69, 9.17) is 14.2 Å². The van der Waals surface area contributed by atoms with Crippen molar-refractivity contribution in [2.75, 3.05) is 19.8 Å². The van der Waals surface area contributed by atoms with Crippen molar-refractivity contribution in [2.45, 2.75) is 50.4 Å². The van der Waals surface area contributed by atoms with Gasteiger partial charge in [0.1, 0.15) is 0 Å². The highest BCUT2D eigenvalue weighted by molar-refractivity contribution is 5.14. The van der Waals surface area contributed by atoms with Crippen LogP contribution in [0.4, 0.5) is 0 Å². The Morgan fingerprint density at radius 1 is 1.05 bits per heavy atom. The summed E-state index contributed by atoms with van der Waals surface area (Å²) >= 11 is 0. The fourth-order valence-electron chi connectivity index (χ4n) is 3.15. The van der Waals surface area contributed by atoms with Crippen LogP contribution < -0.4 is 0 Å². The molecule has 3 rings (SSSR count). The Morgan fingerprint density at radius 3 is 2.45 bits per heavy atom. The van der Waals surface area contributed by atoms with Crippen LogP contribution in [0.3, 0.4) is 0 Å². The van der Waals surface area contributed by atoms with Crippen molar-refractivity contribution in [1.29, 1.82) is 0 Å². The van der Waals surface area contributed by atoms with Gasteiger partial charge in [-0.05, 0) is 31.2 Å². The normalized spacial score (nSPS) is 22.4. The first-order valence-electron chi connectivity index (χ1n) is 7.80. The van der Waals surface area contributed by atoms with E-state index in [1.807, 2.05) is 0 Å². The third-order valence-electron chi connectivity index (χ3n) is 4.31. The zero-order valence-electron chi connectivity index (χ0n) is 12.1. The van der Waals surface area contributed by atoms with Gasteiger partial charge in [-0.15, -0.1) is 0 Å². The predicted molar refractivity (Wildman–Crippen MR) is 77.6 cm³/mol. The minimum atomic E-state index is -0.260. The summed E-state index contributed by atoms with van der Waals surface area (Å²) in [6, 6.07) is 10.6. The van der Waals surface area contributed by atoms with Crippen LogP contribution in [-0.4, -0.2) is 31.7 Å². The number of ether oxygens (including phenoxy) is 3. The Hall–Kier alpha value is -0.900. The van der Waals surface area contributed by atoms with E-state index in [9.17, 15) is 0 Å². The van der Waals surface area contributed by atoms with Gasteiger partial charge >= 0.3 is 0 Å². The summed E-state index contributed by atoms with van der Waals surface area (Å²) in [5.41, 5.74) is 1.39. The number of hydrogen-bond acceptors (Lipinski definition) is 3. The molecule has 1 aromatic rings. The molecule has 1 aromatic carbocycles. The fourth-order valence-corrected chi connectivity index (χ4v) is 3.15. The molecule has 0 radical (unpaired) electrons. The Labute approximate surface area is 121 Å². The molecule has 0 amide bonds. The Morgan fingerprint density at radius 2 is 1.75 bits per heavy atom. The lowest BCUT2D eigenvalue weighted by atomic mass is 9.92. The Bertz CT molecular complexity index is 388. The molecule has 1 saturated carbocycles. The van der Waals surface area contributed by atoms with Gasteiger partial charge in [0, 0.05) is 19.4 Å². The molecule has 0 N–H and O–H groups in total. The van der Waals surface area contributed by atoms with Crippen molar-refractivity contribution in [1.82, 2.24) is 0 Å². The van der Waals surface area contributed by atoms with Gasteiger partial charge in [-0.1, -0.05) is 30.3 Å². The van der Waals surface area contributed by atoms with Crippen molar-refractivity contribution in [3.8, 4) is 0 Å². The Kier molecular flexibility index (Phi) is 4.71. The highest BCUT2D eigenvalue weighted by Crippen LogP contribution is 2.36. The van der Waals surface area contributed by atoms with Gasteiger partial charge < -0.3 is 14.2 Å². The molecule has 1 heterocycles. The smallest absolute Gasteiger partial charge is 0.168 e. The second kappa shape index (κ2) is 6.70. The van der Waals surface area contributed by atoms with E-state index in [1.165, 1.54) is 5.56 Å². The minimum absolute atomic E-state index is 0.260. The SMILES string of the molecule is c1ccc(CCCOC2CCC3(CC2)OCCO3)cc1. The van der Waals surface area contributed by atoms with Gasteiger partial charge in [-0.25, -0.2) is 0 Å². The van der Waals surface area contributed by atoms with Crippen LogP contribution in [0.25, 0.3) is 0 Å². The largest absolute Gasteiger partial charge is 0.378 e. The fraction of sp³-hybridized carbons (Fsp3) is 0.647. The Balaban J connectivity index is 1.32. The van der Waals surface area contributed by atoms with Gasteiger partial charge in [0.05, 0.1) is 19.3 Å². The minimum Gasteiger partial charge on any atom is -0.378 e. The molecular weight excluding hydrogens is 252 g/mol. The summed E-state index contributed by atoms with van der Waals surface area (Å²) in [6.45, 7) is 2.36. The molecular formula is C17H24O3. The first kappa shape index (κ1) is 14.1. The van der Waals surface area contributed by atoms with Gasteiger partial charge in [-0.3, -0.25) is 0 Å². The first-order chi connectivity index (χ1) is 9.86. The number of rotatable bonds is 5. The second-order valence-electron chi connectivity index (χ2n) is 5.77. The monoisotopic (exact) mass is 276 g/mol. The van der Waals surface area contributed by atoms with Gasteiger partial charge in [0.2, 0.25) is 0 Å². The zero-order valence-corrected chi connectivity index (χ0v) is 12.1. The van der Waals surface area contributed by atoms with Crippen molar-refractivity contribution in [2.24, 2.45) is 0 Å².